The Morgan fingerprint density at radius 2 is 2.19 bits per heavy atom. The lowest BCUT2D eigenvalue weighted by molar-refractivity contribution is 0.138. The minimum absolute atomic E-state index is 0.122. The average molecular weight is 239 g/mol. The zero-order valence-electron chi connectivity index (χ0n) is 9.22. The van der Waals surface area contributed by atoms with Gasteiger partial charge in [0, 0.05) is 29.9 Å². The summed E-state index contributed by atoms with van der Waals surface area (Å²) in [5.74, 6) is 2.04. The second kappa shape index (κ2) is 4.30. The molecule has 16 heavy (non-hydrogen) atoms. The first-order valence-electron chi connectivity index (χ1n) is 6.08. The maximum atomic E-state index is 9.70. The van der Waals surface area contributed by atoms with Crippen LogP contribution in [0.4, 0.5) is 5.13 Å². The number of aliphatic hydroxyl groups excluding tert-OH is 1. The van der Waals surface area contributed by atoms with Gasteiger partial charge in [-0.15, -0.1) is 0 Å². The molecule has 3 rings (SSSR count). The highest BCUT2D eigenvalue weighted by atomic mass is 32.1. The standard InChI is InChI=1S/C11H17N3OS/c15-9-3-1-2-8(9)6-12-11-13-10(14-16-11)7-4-5-7/h7-9,15H,1-6H2,(H,12,13,14). The molecule has 2 saturated carbocycles. The maximum Gasteiger partial charge on any atom is 0.202 e. The van der Waals surface area contributed by atoms with Gasteiger partial charge in [0.25, 0.3) is 0 Å². The lowest BCUT2D eigenvalue weighted by Gasteiger charge is -2.13. The Kier molecular flexibility index (Phi) is 2.81. The van der Waals surface area contributed by atoms with Crippen LogP contribution in [-0.2, 0) is 0 Å². The van der Waals surface area contributed by atoms with E-state index in [1.165, 1.54) is 24.4 Å². The number of rotatable bonds is 4. The number of aromatic nitrogens is 2. The first-order valence-corrected chi connectivity index (χ1v) is 6.86. The summed E-state index contributed by atoms with van der Waals surface area (Å²) in [5.41, 5.74) is 0. The Balaban J connectivity index is 1.53. The smallest absolute Gasteiger partial charge is 0.202 e. The molecule has 4 nitrogen and oxygen atoms in total. The molecule has 0 spiro atoms. The predicted molar refractivity (Wildman–Crippen MR) is 63.7 cm³/mol. The van der Waals surface area contributed by atoms with Crippen LogP contribution in [0.3, 0.4) is 0 Å². The largest absolute Gasteiger partial charge is 0.393 e. The normalized spacial score (nSPS) is 29.6. The van der Waals surface area contributed by atoms with Crippen molar-refractivity contribution in [2.24, 2.45) is 5.92 Å². The van der Waals surface area contributed by atoms with E-state index >= 15 is 0 Å². The van der Waals surface area contributed by atoms with Gasteiger partial charge in [-0.2, -0.15) is 4.37 Å². The molecule has 2 aliphatic rings. The lowest BCUT2D eigenvalue weighted by Crippen LogP contribution is -2.21. The van der Waals surface area contributed by atoms with Crippen molar-refractivity contribution in [2.45, 2.75) is 44.1 Å². The van der Waals surface area contributed by atoms with Crippen LogP contribution in [0.25, 0.3) is 0 Å². The quantitative estimate of drug-likeness (QED) is 0.843. The second-order valence-electron chi connectivity index (χ2n) is 4.87. The molecule has 0 amide bonds. The molecule has 0 saturated heterocycles. The van der Waals surface area contributed by atoms with Gasteiger partial charge in [0.2, 0.25) is 5.13 Å². The molecule has 88 valence electrons. The third-order valence-corrected chi connectivity index (χ3v) is 4.21. The van der Waals surface area contributed by atoms with Gasteiger partial charge in [-0.05, 0) is 25.7 Å². The van der Waals surface area contributed by atoms with Crippen molar-refractivity contribution in [3.05, 3.63) is 5.82 Å². The molecule has 1 aromatic rings. The fourth-order valence-corrected chi connectivity index (χ4v) is 2.94. The summed E-state index contributed by atoms with van der Waals surface area (Å²) in [5, 5.41) is 13.9. The monoisotopic (exact) mass is 239 g/mol. The van der Waals surface area contributed by atoms with Crippen molar-refractivity contribution in [3.8, 4) is 0 Å². The number of nitrogens with zero attached hydrogens (tertiary/aromatic N) is 2. The van der Waals surface area contributed by atoms with Crippen molar-refractivity contribution >= 4 is 16.7 Å². The summed E-state index contributed by atoms with van der Waals surface area (Å²) in [6, 6.07) is 0. The van der Waals surface area contributed by atoms with Gasteiger partial charge >= 0.3 is 0 Å². The summed E-state index contributed by atoms with van der Waals surface area (Å²) in [4.78, 5) is 4.47. The molecule has 2 fully saturated rings. The average Bonchev–Trinajstić information content (AvgIpc) is 2.89. The first kappa shape index (κ1) is 10.5. The SMILES string of the molecule is OC1CCCC1CNc1nc(C2CC2)ns1. The molecule has 0 bridgehead atoms. The molecule has 0 radical (unpaired) electrons. The summed E-state index contributed by atoms with van der Waals surface area (Å²) >= 11 is 1.45. The zero-order chi connectivity index (χ0) is 11.0. The predicted octanol–water partition coefficient (Wildman–Crippen LogP) is 1.99. The number of anilines is 1. The van der Waals surface area contributed by atoms with E-state index < -0.39 is 0 Å². The highest BCUT2D eigenvalue weighted by molar-refractivity contribution is 7.09. The van der Waals surface area contributed by atoms with E-state index in [0.29, 0.717) is 11.8 Å². The van der Waals surface area contributed by atoms with Crippen LogP contribution in [0.2, 0.25) is 0 Å². The molecule has 2 aliphatic carbocycles. The van der Waals surface area contributed by atoms with E-state index in [0.717, 1.165) is 36.8 Å². The van der Waals surface area contributed by atoms with Crippen LogP contribution in [-0.4, -0.2) is 27.1 Å². The van der Waals surface area contributed by atoms with Crippen molar-refractivity contribution in [1.29, 1.82) is 0 Å². The minimum atomic E-state index is -0.122. The number of hydrogen-bond acceptors (Lipinski definition) is 5. The fourth-order valence-electron chi connectivity index (χ4n) is 2.29. The topological polar surface area (TPSA) is 58.0 Å². The van der Waals surface area contributed by atoms with Gasteiger partial charge in [0.05, 0.1) is 6.10 Å². The summed E-state index contributed by atoms with van der Waals surface area (Å²) in [6.45, 7) is 0.834. The molecule has 5 heteroatoms. The van der Waals surface area contributed by atoms with Gasteiger partial charge in [0.15, 0.2) is 0 Å². The van der Waals surface area contributed by atoms with Gasteiger partial charge in [-0.3, -0.25) is 0 Å². The minimum Gasteiger partial charge on any atom is -0.393 e. The van der Waals surface area contributed by atoms with Crippen LogP contribution in [0.15, 0.2) is 0 Å². The Hall–Kier alpha value is -0.680. The molecule has 1 heterocycles. The van der Waals surface area contributed by atoms with Crippen molar-refractivity contribution in [2.75, 3.05) is 11.9 Å². The van der Waals surface area contributed by atoms with E-state index in [2.05, 4.69) is 14.7 Å². The number of nitrogens with one attached hydrogen (secondary N) is 1. The van der Waals surface area contributed by atoms with Crippen molar-refractivity contribution < 1.29 is 5.11 Å². The van der Waals surface area contributed by atoms with E-state index in [4.69, 9.17) is 0 Å². The molecule has 0 aliphatic heterocycles. The molecule has 2 unspecified atom stereocenters. The van der Waals surface area contributed by atoms with Crippen LogP contribution >= 0.6 is 11.5 Å². The summed E-state index contributed by atoms with van der Waals surface area (Å²) in [7, 11) is 0. The number of aliphatic hydroxyl groups is 1. The molecular weight excluding hydrogens is 222 g/mol. The Bertz CT molecular complexity index is 364. The van der Waals surface area contributed by atoms with E-state index in [1.54, 1.807) is 0 Å². The van der Waals surface area contributed by atoms with E-state index in [1.807, 2.05) is 0 Å². The fraction of sp³-hybridized carbons (Fsp3) is 0.818. The third-order valence-electron chi connectivity index (χ3n) is 3.52. The van der Waals surface area contributed by atoms with Gasteiger partial charge in [-0.25, -0.2) is 4.98 Å². The van der Waals surface area contributed by atoms with Gasteiger partial charge in [0.1, 0.15) is 5.82 Å². The zero-order valence-corrected chi connectivity index (χ0v) is 10.0. The lowest BCUT2D eigenvalue weighted by atomic mass is 10.1. The van der Waals surface area contributed by atoms with Gasteiger partial charge < -0.3 is 10.4 Å². The van der Waals surface area contributed by atoms with Crippen LogP contribution in [0.1, 0.15) is 43.8 Å². The molecular formula is C11H17N3OS. The molecule has 2 atom stereocenters. The number of hydrogen-bond donors (Lipinski definition) is 2. The Morgan fingerprint density at radius 3 is 2.88 bits per heavy atom. The molecule has 0 aromatic carbocycles. The Labute approximate surface area is 99.3 Å². The highest BCUT2D eigenvalue weighted by Gasteiger charge is 2.28. The maximum absolute atomic E-state index is 9.70. The Morgan fingerprint density at radius 1 is 1.31 bits per heavy atom. The van der Waals surface area contributed by atoms with Crippen LogP contribution in [0, 0.1) is 5.92 Å². The van der Waals surface area contributed by atoms with E-state index in [9.17, 15) is 5.11 Å². The first-order chi connectivity index (χ1) is 7.83. The van der Waals surface area contributed by atoms with Gasteiger partial charge in [-0.1, -0.05) is 6.42 Å². The van der Waals surface area contributed by atoms with Crippen molar-refractivity contribution in [3.63, 3.8) is 0 Å². The van der Waals surface area contributed by atoms with Crippen LogP contribution in [0.5, 0.6) is 0 Å². The van der Waals surface area contributed by atoms with Crippen LogP contribution < -0.4 is 5.32 Å². The summed E-state index contributed by atoms with van der Waals surface area (Å²) in [6.07, 6.45) is 5.60. The molecule has 1 aromatic heterocycles. The summed E-state index contributed by atoms with van der Waals surface area (Å²) < 4.78 is 4.35. The second-order valence-corrected chi connectivity index (χ2v) is 5.62. The third kappa shape index (κ3) is 2.20. The molecule has 2 N–H and O–H groups in total. The highest BCUT2D eigenvalue weighted by Crippen LogP contribution is 2.39. The van der Waals surface area contributed by atoms with E-state index in [-0.39, 0.29) is 6.10 Å². The van der Waals surface area contributed by atoms with Crippen molar-refractivity contribution in [1.82, 2.24) is 9.36 Å².